The van der Waals surface area contributed by atoms with Crippen LogP contribution in [0.25, 0.3) is 0 Å². The predicted octanol–water partition coefficient (Wildman–Crippen LogP) is -0.133. The minimum Gasteiger partial charge on any atom is -0.395 e. The van der Waals surface area contributed by atoms with Crippen LogP contribution in [-0.4, -0.2) is 67.3 Å². The Morgan fingerprint density at radius 1 is 1.18 bits per heavy atom. The van der Waals surface area contributed by atoms with Gasteiger partial charge in [0.25, 0.3) is 0 Å². The number of aliphatic hydroxyl groups is 1. The van der Waals surface area contributed by atoms with Gasteiger partial charge in [-0.05, 0) is 32.2 Å². The van der Waals surface area contributed by atoms with Gasteiger partial charge in [0, 0.05) is 25.2 Å². The van der Waals surface area contributed by atoms with Crippen LogP contribution >= 0.6 is 0 Å². The smallest absolute Gasteiger partial charge is 0.211 e. The van der Waals surface area contributed by atoms with Crippen LogP contribution in [0.15, 0.2) is 0 Å². The van der Waals surface area contributed by atoms with E-state index in [0.29, 0.717) is 6.54 Å². The number of aliphatic hydroxyl groups excluding tert-OH is 1. The molecule has 0 bridgehead atoms. The van der Waals surface area contributed by atoms with E-state index in [2.05, 4.69) is 4.90 Å². The molecule has 2 aliphatic rings. The first-order valence-corrected chi connectivity index (χ1v) is 8.19. The van der Waals surface area contributed by atoms with Gasteiger partial charge in [0.2, 0.25) is 10.0 Å². The maximum atomic E-state index is 11.6. The largest absolute Gasteiger partial charge is 0.395 e. The predicted molar refractivity (Wildman–Crippen MR) is 66.3 cm³/mol. The molecule has 2 heterocycles. The Morgan fingerprint density at radius 2 is 1.82 bits per heavy atom. The van der Waals surface area contributed by atoms with Crippen molar-refractivity contribution in [1.29, 1.82) is 0 Å². The van der Waals surface area contributed by atoms with Crippen molar-refractivity contribution >= 4 is 10.0 Å². The standard InChI is InChI=1S/C11H22N2O3S/c1-17(15,16)13-7-3-4-10(13)8-12-6-2-5-11(12)9-14/h10-11,14H,2-9H2,1H3. The number of rotatable bonds is 4. The molecule has 17 heavy (non-hydrogen) atoms. The van der Waals surface area contributed by atoms with Gasteiger partial charge in [0.15, 0.2) is 0 Å². The Balaban J connectivity index is 1.98. The molecule has 0 radical (unpaired) electrons. The highest BCUT2D eigenvalue weighted by Gasteiger charge is 2.35. The van der Waals surface area contributed by atoms with E-state index in [1.807, 2.05) is 0 Å². The van der Waals surface area contributed by atoms with Crippen molar-refractivity contribution in [2.45, 2.75) is 37.8 Å². The maximum Gasteiger partial charge on any atom is 0.211 e. The molecule has 2 fully saturated rings. The van der Waals surface area contributed by atoms with E-state index in [4.69, 9.17) is 0 Å². The molecule has 2 unspecified atom stereocenters. The average molecular weight is 262 g/mol. The highest BCUT2D eigenvalue weighted by Crippen LogP contribution is 2.24. The van der Waals surface area contributed by atoms with Gasteiger partial charge in [-0.1, -0.05) is 0 Å². The summed E-state index contributed by atoms with van der Waals surface area (Å²) in [6.07, 6.45) is 5.33. The van der Waals surface area contributed by atoms with Gasteiger partial charge in [-0.25, -0.2) is 8.42 Å². The van der Waals surface area contributed by atoms with Crippen molar-refractivity contribution in [3.63, 3.8) is 0 Å². The number of nitrogens with zero attached hydrogens (tertiary/aromatic N) is 2. The highest BCUT2D eigenvalue weighted by atomic mass is 32.2. The third-order valence-corrected chi connectivity index (χ3v) is 5.24. The Labute approximate surface area is 103 Å². The van der Waals surface area contributed by atoms with Crippen LogP contribution in [0.1, 0.15) is 25.7 Å². The number of hydrogen-bond donors (Lipinski definition) is 1. The van der Waals surface area contributed by atoms with Gasteiger partial charge in [-0.15, -0.1) is 0 Å². The molecule has 2 atom stereocenters. The second-order valence-corrected chi connectivity index (χ2v) is 7.08. The summed E-state index contributed by atoms with van der Waals surface area (Å²) < 4.78 is 24.9. The van der Waals surface area contributed by atoms with E-state index < -0.39 is 10.0 Å². The maximum absolute atomic E-state index is 11.6. The molecule has 100 valence electrons. The van der Waals surface area contributed by atoms with Gasteiger partial charge in [0.05, 0.1) is 12.9 Å². The zero-order valence-electron chi connectivity index (χ0n) is 10.4. The van der Waals surface area contributed by atoms with Crippen LogP contribution in [-0.2, 0) is 10.0 Å². The Hall–Kier alpha value is -0.170. The lowest BCUT2D eigenvalue weighted by atomic mass is 10.2. The first-order valence-electron chi connectivity index (χ1n) is 6.34. The Bertz CT molecular complexity index is 358. The van der Waals surface area contributed by atoms with Gasteiger partial charge in [0.1, 0.15) is 0 Å². The lowest BCUT2D eigenvalue weighted by molar-refractivity contribution is 0.140. The summed E-state index contributed by atoms with van der Waals surface area (Å²) in [5, 5.41) is 9.26. The molecule has 2 rings (SSSR count). The zero-order valence-corrected chi connectivity index (χ0v) is 11.2. The molecular formula is C11H22N2O3S. The quantitative estimate of drug-likeness (QED) is 0.766. The van der Waals surface area contributed by atoms with Crippen LogP contribution in [0.4, 0.5) is 0 Å². The Kier molecular flexibility index (Phi) is 4.07. The summed E-state index contributed by atoms with van der Waals surface area (Å²) in [7, 11) is -3.07. The molecule has 0 aromatic carbocycles. The van der Waals surface area contributed by atoms with Gasteiger partial charge < -0.3 is 5.11 Å². The monoisotopic (exact) mass is 262 g/mol. The average Bonchev–Trinajstić information content (AvgIpc) is 2.85. The van der Waals surface area contributed by atoms with Gasteiger partial charge >= 0.3 is 0 Å². The topological polar surface area (TPSA) is 60.9 Å². The lowest BCUT2D eigenvalue weighted by Gasteiger charge is -2.29. The molecule has 2 aliphatic heterocycles. The number of sulfonamides is 1. The van der Waals surface area contributed by atoms with Crippen molar-refractivity contribution in [1.82, 2.24) is 9.21 Å². The summed E-state index contributed by atoms with van der Waals surface area (Å²) in [5.74, 6) is 0. The first kappa shape index (κ1) is 13.3. The van der Waals surface area contributed by atoms with Crippen molar-refractivity contribution in [2.24, 2.45) is 0 Å². The fourth-order valence-corrected chi connectivity index (χ4v) is 4.22. The fourth-order valence-electron chi connectivity index (χ4n) is 3.04. The lowest BCUT2D eigenvalue weighted by Crippen LogP contribution is -2.45. The summed E-state index contributed by atoms with van der Waals surface area (Å²) in [6.45, 7) is 2.60. The van der Waals surface area contributed by atoms with E-state index in [-0.39, 0.29) is 18.7 Å². The molecule has 0 amide bonds. The second kappa shape index (κ2) is 5.22. The van der Waals surface area contributed by atoms with E-state index in [9.17, 15) is 13.5 Å². The number of likely N-dealkylation sites (tertiary alicyclic amines) is 1. The SMILES string of the molecule is CS(=O)(=O)N1CCCC1CN1CCCC1CO. The van der Waals surface area contributed by atoms with E-state index >= 15 is 0 Å². The van der Waals surface area contributed by atoms with Crippen LogP contribution in [0.2, 0.25) is 0 Å². The van der Waals surface area contributed by atoms with Crippen LogP contribution in [0.3, 0.4) is 0 Å². The number of hydrogen-bond acceptors (Lipinski definition) is 4. The summed E-state index contributed by atoms with van der Waals surface area (Å²) in [6, 6.07) is 0.342. The van der Waals surface area contributed by atoms with Crippen LogP contribution in [0.5, 0.6) is 0 Å². The normalized spacial score (nSPS) is 32.4. The molecule has 0 aromatic heterocycles. The van der Waals surface area contributed by atoms with Crippen molar-refractivity contribution < 1.29 is 13.5 Å². The summed E-state index contributed by atoms with van der Waals surface area (Å²) in [5.41, 5.74) is 0. The van der Waals surface area contributed by atoms with Crippen LogP contribution in [0, 0.1) is 0 Å². The van der Waals surface area contributed by atoms with E-state index in [1.54, 1.807) is 4.31 Å². The second-order valence-electron chi connectivity index (χ2n) is 5.14. The third kappa shape index (κ3) is 2.99. The molecule has 0 aromatic rings. The first-order chi connectivity index (χ1) is 8.02. The molecule has 0 aliphatic carbocycles. The third-order valence-electron chi connectivity index (χ3n) is 3.90. The molecule has 0 saturated carbocycles. The minimum absolute atomic E-state index is 0.108. The minimum atomic E-state index is -3.07. The van der Waals surface area contributed by atoms with Crippen molar-refractivity contribution in [2.75, 3.05) is 32.5 Å². The molecular weight excluding hydrogens is 240 g/mol. The van der Waals surface area contributed by atoms with Gasteiger partial charge in [-0.3, -0.25) is 4.90 Å². The van der Waals surface area contributed by atoms with Crippen LogP contribution < -0.4 is 0 Å². The highest BCUT2D eigenvalue weighted by molar-refractivity contribution is 7.88. The zero-order chi connectivity index (χ0) is 12.5. The molecule has 5 nitrogen and oxygen atoms in total. The van der Waals surface area contributed by atoms with E-state index in [0.717, 1.165) is 38.8 Å². The van der Waals surface area contributed by atoms with Gasteiger partial charge in [-0.2, -0.15) is 4.31 Å². The van der Waals surface area contributed by atoms with Crippen molar-refractivity contribution in [3.05, 3.63) is 0 Å². The molecule has 2 saturated heterocycles. The van der Waals surface area contributed by atoms with E-state index in [1.165, 1.54) is 6.26 Å². The summed E-state index contributed by atoms with van der Waals surface area (Å²) >= 11 is 0. The van der Waals surface area contributed by atoms with Crippen molar-refractivity contribution in [3.8, 4) is 0 Å². The molecule has 1 N–H and O–H groups in total. The molecule has 6 heteroatoms. The molecule has 0 spiro atoms. The fraction of sp³-hybridized carbons (Fsp3) is 1.00. The Morgan fingerprint density at radius 3 is 2.47 bits per heavy atom. The summed E-state index contributed by atoms with van der Waals surface area (Å²) in [4.78, 5) is 2.24.